The monoisotopic (exact) mass is 339 g/mol. The molecule has 0 heterocycles. The van der Waals surface area contributed by atoms with E-state index in [9.17, 15) is 18.0 Å². The quantitative estimate of drug-likeness (QED) is 0.342. The van der Waals surface area contributed by atoms with Crippen LogP contribution in [0, 0.1) is 0 Å². The van der Waals surface area contributed by atoms with Crippen LogP contribution in [0.4, 0.5) is 18.9 Å². The van der Waals surface area contributed by atoms with Gasteiger partial charge in [0.2, 0.25) is 5.91 Å². The number of nitrogens with one attached hydrogen (secondary N) is 1. The van der Waals surface area contributed by atoms with Crippen LogP contribution >= 0.6 is 15.9 Å². The summed E-state index contributed by atoms with van der Waals surface area (Å²) in [6.45, 7) is 0. The summed E-state index contributed by atoms with van der Waals surface area (Å²) in [6.07, 6.45) is -4.95. The van der Waals surface area contributed by atoms with Crippen LogP contribution in [-0.2, 0) is 11.0 Å². The Morgan fingerprint density at radius 3 is 2.58 bits per heavy atom. The molecule has 0 saturated heterocycles. The van der Waals surface area contributed by atoms with Gasteiger partial charge in [-0.3, -0.25) is 4.79 Å². The zero-order valence-corrected chi connectivity index (χ0v) is 10.9. The number of rotatable bonds is 3. The van der Waals surface area contributed by atoms with E-state index >= 15 is 0 Å². The van der Waals surface area contributed by atoms with E-state index in [1.54, 1.807) is 0 Å². The molecule has 104 valence electrons. The van der Waals surface area contributed by atoms with Crippen molar-refractivity contribution in [2.75, 3.05) is 5.32 Å². The highest BCUT2D eigenvalue weighted by atomic mass is 79.9. The topological polar surface area (TPSA) is 87.7 Å². The van der Waals surface area contributed by atoms with Gasteiger partial charge in [0, 0.05) is 10.2 Å². The second kappa shape index (κ2) is 5.91. The Balaban J connectivity index is 2.90. The van der Waals surface area contributed by atoms with E-state index in [0.717, 1.165) is 12.1 Å². The summed E-state index contributed by atoms with van der Waals surface area (Å²) >= 11 is 2.92. The maximum atomic E-state index is 12.5. The number of benzene rings is 1. The summed E-state index contributed by atoms with van der Waals surface area (Å²) in [6, 6.07) is 2.98. The number of carbonyl (C=O) groups excluding carboxylic acids is 1. The highest BCUT2D eigenvalue weighted by molar-refractivity contribution is 9.10. The van der Waals surface area contributed by atoms with E-state index < -0.39 is 24.1 Å². The first-order valence-corrected chi connectivity index (χ1v) is 5.65. The molecule has 19 heavy (non-hydrogen) atoms. The molecule has 0 aliphatic heterocycles. The van der Waals surface area contributed by atoms with Crippen molar-refractivity contribution in [3.63, 3.8) is 0 Å². The highest BCUT2D eigenvalue weighted by Crippen LogP contribution is 2.33. The van der Waals surface area contributed by atoms with E-state index in [4.69, 9.17) is 10.9 Å². The first kappa shape index (κ1) is 15.3. The van der Waals surface area contributed by atoms with Crippen LogP contribution in [0.1, 0.15) is 12.0 Å². The number of oxime groups is 1. The molecule has 0 aliphatic rings. The summed E-state index contributed by atoms with van der Waals surface area (Å²) < 4.78 is 37.8. The van der Waals surface area contributed by atoms with Crippen molar-refractivity contribution >= 4 is 33.4 Å². The van der Waals surface area contributed by atoms with Crippen LogP contribution in [0.2, 0.25) is 0 Å². The van der Waals surface area contributed by atoms with Crippen LogP contribution in [-0.4, -0.2) is 17.0 Å². The standard InChI is InChI=1S/C10H9BrF3N3O2/c11-6-1-5(10(12,13)14)2-7(3-6)16-9(18)4-8(15)17-19/h1-3,19H,4H2,(H2,15,17)(H,16,18). The molecule has 4 N–H and O–H groups in total. The lowest BCUT2D eigenvalue weighted by Gasteiger charge is -2.11. The molecule has 0 saturated carbocycles. The van der Waals surface area contributed by atoms with Gasteiger partial charge in [-0.05, 0) is 18.2 Å². The number of nitrogens with two attached hydrogens (primary N) is 1. The summed E-state index contributed by atoms with van der Waals surface area (Å²) in [4.78, 5) is 11.4. The molecule has 0 atom stereocenters. The van der Waals surface area contributed by atoms with Gasteiger partial charge in [-0.25, -0.2) is 0 Å². The Hall–Kier alpha value is -1.77. The van der Waals surface area contributed by atoms with Crippen LogP contribution < -0.4 is 11.1 Å². The number of anilines is 1. The lowest BCUT2D eigenvalue weighted by atomic mass is 10.2. The van der Waals surface area contributed by atoms with Crippen molar-refractivity contribution in [2.24, 2.45) is 10.9 Å². The molecule has 1 amide bonds. The van der Waals surface area contributed by atoms with Crippen LogP contribution in [0.5, 0.6) is 0 Å². The van der Waals surface area contributed by atoms with Crippen molar-refractivity contribution in [3.8, 4) is 0 Å². The average molecular weight is 340 g/mol. The lowest BCUT2D eigenvalue weighted by Crippen LogP contribution is -2.22. The predicted octanol–water partition coefficient (Wildman–Crippen LogP) is 2.54. The molecule has 5 nitrogen and oxygen atoms in total. The molecule has 0 radical (unpaired) electrons. The third-order valence-electron chi connectivity index (χ3n) is 1.98. The fourth-order valence-corrected chi connectivity index (χ4v) is 1.72. The summed E-state index contributed by atoms with van der Waals surface area (Å²) in [5, 5.41) is 13.1. The van der Waals surface area contributed by atoms with E-state index in [1.165, 1.54) is 6.07 Å². The first-order chi connectivity index (χ1) is 8.72. The fraction of sp³-hybridized carbons (Fsp3) is 0.200. The number of amides is 1. The first-order valence-electron chi connectivity index (χ1n) is 4.86. The molecule has 9 heteroatoms. The fourth-order valence-electron chi connectivity index (χ4n) is 1.23. The Kier molecular flexibility index (Phi) is 4.76. The van der Waals surface area contributed by atoms with Gasteiger partial charge in [0.05, 0.1) is 12.0 Å². The zero-order valence-electron chi connectivity index (χ0n) is 9.33. The smallest absolute Gasteiger partial charge is 0.409 e. The maximum Gasteiger partial charge on any atom is 0.416 e. The molecule has 1 aromatic carbocycles. The molecular formula is C10H9BrF3N3O2. The average Bonchev–Trinajstić information content (AvgIpc) is 2.26. The Labute approximate surface area is 114 Å². The summed E-state index contributed by atoms with van der Waals surface area (Å²) in [5.41, 5.74) is 4.16. The van der Waals surface area contributed by atoms with Crippen molar-refractivity contribution in [3.05, 3.63) is 28.2 Å². The number of amidine groups is 1. The SMILES string of the molecule is NC(CC(=O)Nc1cc(Br)cc(C(F)(F)F)c1)=NO. The van der Waals surface area contributed by atoms with Crippen LogP contribution in [0.3, 0.4) is 0 Å². The molecule has 1 aromatic rings. The summed E-state index contributed by atoms with van der Waals surface area (Å²) in [7, 11) is 0. The lowest BCUT2D eigenvalue weighted by molar-refractivity contribution is -0.137. The Morgan fingerprint density at radius 2 is 2.05 bits per heavy atom. The number of hydrogen-bond donors (Lipinski definition) is 3. The molecule has 0 spiro atoms. The van der Waals surface area contributed by atoms with E-state index in [2.05, 4.69) is 26.4 Å². The molecule has 0 unspecified atom stereocenters. The molecule has 0 aliphatic carbocycles. The van der Waals surface area contributed by atoms with Gasteiger partial charge < -0.3 is 16.3 Å². The molecule has 0 bridgehead atoms. The van der Waals surface area contributed by atoms with Gasteiger partial charge in [0.1, 0.15) is 5.84 Å². The third kappa shape index (κ3) is 4.78. The number of carbonyl (C=O) groups is 1. The predicted molar refractivity (Wildman–Crippen MR) is 65.8 cm³/mol. The minimum absolute atomic E-state index is 0.0440. The number of nitrogens with zero attached hydrogens (tertiary/aromatic N) is 1. The van der Waals surface area contributed by atoms with Crippen molar-refractivity contribution in [1.82, 2.24) is 0 Å². The Morgan fingerprint density at radius 1 is 1.42 bits per heavy atom. The van der Waals surface area contributed by atoms with Crippen molar-refractivity contribution in [1.29, 1.82) is 0 Å². The minimum Gasteiger partial charge on any atom is -0.409 e. The molecule has 0 fully saturated rings. The van der Waals surface area contributed by atoms with E-state index in [-0.39, 0.29) is 16.0 Å². The van der Waals surface area contributed by atoms with Gasteiger partial charge in [0.25, 0.3) is 0 Å². The minimum atomic E-state index is -4.52. The highest BCUT2D eigenvalue weighted by Gasteiger charge is 2.31. The molecule has 1 rings (SSSR count). The van der Waals surface area contributed by atoms with Gasteiger partial charge in [-0.1, -0.05) is 21.1 Å². The van der Waals surface area contributed by atoms with Gasteiger partial charge >= 0.3 is 6.18 Å². The number of hydrogen-bond acceptors (Lipinski definition) is 3. The van der Waals surface area contributed by atoms with Gasteiger partial charge in [0.15, 0.2) is 0 Å². The van der Waals surface area contributed by atoms with E-state index in [1.807, 2.05) is 0 Å². The van der Waals surface area contributed by atoms with Gasteiger partial charge in [-0.2, -0.15) is 13.2 Å². The largest absolute Gasteiger partial charge is 0.416 e. The second-order valence-electron chi connectivity index (χ2n) is 3.54. The Bertz CT molecular complexity index is 517. The van der Waals surface area contributed by atoms with Gasteiger partial charge in [-0.15, -0.1) is 0 Å². The van der Waals surface area contributed by atoms with Crippen LogP contribution in [0.15, 0.2) is 27.8 Å². The maximum absolute atomic E-state index is 12.5. The molecular weight excluding hydrogens is 331 g/mol. The third-order valence-corrected chi connectivity index (χ3v) is 2.44. The number of alkyl halides is 3. The second-order valence-corrected chi connectivity index (χ2v) is 4.46. The number of halogens is 4. The van der Waals surface area contributed by atoms with Crippen LogP contribution in [0.25, 0.3) is 0 Å². The zero-order chi connectivity index (χ0) is 14.6. The van der Waals surface area contributed by atoms with Crippen molar-refractivity contribution < 1.29 is 23.2 Å². The van der Waals surface area contributed by atoms with E-state index in [0.29, 0.717) is 0 Å². The summed E-state index contributed by atoms with van der Waals surface area (Å²) in [5.74, 6) is -1.04. The molecule has 0 aromatic heterocycles. The van der Waals surface area contributed by atoms with Crippen molar-refractivity contribution in [2.45, 2.75) is 12.6 Å². The normalized spacial score (nSPS) is 12.3.